The summed E-state index contributed by atoms with van der Waals surface area (Å²) in [5.74, 6) is -2.83. The van der Waals surface area contributed by atoms with Gasteiger partial charge in [0.15, 0.2) is 22.9 Å². The van der Waals surface area contributed by atoms with Gasteiger partial charge in [0.1, 0.15) is 0 Å². The van der Waals surface area contributed by atoms with E-state index in [9.17, 15) is 18.0 Å². The summed E-state index contributed by atoms with van der Waals surface area (Å²) in [6.07, 6.45) is 2.84. The molecule has 0 amide bonds. The molecule has 0 N–H and O–H groups in total. The quantitative estimate of drug-likeness (QED) is 0.727. The number of fused-ring (bicyclic) bond motifs is 1. The van der Waals surface area contributed by atoms with Crippen molar-refractivity contribution < 1.29 is 13.2 Å². The average Bonchev–Trinajstić information content (AvgIpc) is 2.50. The van der Waals surface area contributed by atoms with Crippen LogP contribution in [0.1, 0.15) is 12.6 Å². The summed E-state index contributed by atoms with van der Waals surface area (Å²) < 4.78 is 42.5. The Kier molecular flexibility index (Phi) is 3.44. The molecule has 0 radical (unpaired) electrons. The highest BCUT2D eigenvalue weighted by atomic mass is 19.2. The normalized spacial score (nSPS) is 11.1. The van der Waals surface area contributed by atoms with E-state index in [1.165, 1.54) is 22.9 Å². The lowest BCUT2D eigenvalue weighted by Crippen LogP contribution is -2.14. The van der Waals surface area contributed by atoms with Crippen LogP contribution in [0.2, 0.25) is 0 Å². The second-order valence-electron chi connectivity index (χ2n) is 4.80. The van der Waals surface area contributed by atoms with Crippen molar-refractivity contribution in [3.63, 3.8) is 0 Å². The van der Waals surface area contributed by atoms with Crippen LogP contribution in [0, 0.1) is 17.5 Å². The van der Waals surface area contributed by atoms with Crippen LogP contribution in [0.5, 0.6) is 0 Å². The Bertz CT molecular complexity index is 935. The number of benzene rings is 1. The van der Waals surface area contributed by atoms with Gasteiger partial charge in [-0.05, 0) is 18.6 Å². The monoisotopic (exact) mass is 304 g/mol. The van der Waals surface area contributed by atoms with Gasteiger partial charge in [-0.2, -0.15) is 0 Å². The zero-order valence-electron chi connectivity index (χ0n) is 11.6. The number of pyridine rings is 2. The third kappa shape index (κ3) is 2.16. The van der Waals surface area contributed by atoms with Gasteiger partial charge in [-0.25, -0.2) is 13.2 Å². The van der Waals surface area contributed by atoms with Crippen LogP contribution >= 0.6 is 0 Å². The molecule has 1 aromatic carbocycles. The number of hydrogen-bond acceptors (Lipinski definition) is 2. The van der Waals surface area contributed by atoms with E-state index >= 15 is 0 Å². The SMILES string of the molecule is CCc1cc(=O)c2cc(F)c(F)cc2n1-c1ccncc1F. The van der Waals surface area contributed by atoms with E-state index < -0.39 is 22.9 Å². The van der Waals surface area contributed by atoms with Crippen LogP contribution in [0.25, 0.3) is 16.6 Å². The van der Waals surface area contributed by atoms with Gasteiger partial charge >= 0.3 is 0 Å². The van der Waals surface area contributed by atoms with Crippen molar-refractivity contribution in [2.24, 2.45) is 0 Å². The summed E-state index contributed by atoms with van der Waals surface area (Å²) in [5.41, 5.74) is 0.307. The molecule has 3 aromatic rings. The van der Waals surface area contributed by atoms with Crippen molar-refractivity contribution in [2.45, 2.75) is 13.3 Å². The Morgan fingerprint density at radius 2 is 1.82 bits per heavy atom. The van der Waals surface area contributed by atoms with Gasteiger partial charge in [0.25, 0.3) is 0 Å². The minimum absolute atomic E-state index is 0.00712. The fourth-order valence-corrected chi connectivity index (χ4v) is 2.46. The van der Waals surface area contributed by atoms with E-state index in [2.05, 4.69) is 4.98 Å². The number of hydrogen-bond donors (Lipinski definition) is 0. The lowest BCUT2D eigenvalue weighted by Gasteiger charge is -2.16. The van der Waals surface area contributed by atoms with Gasteiger partial charge in [-0.1, -0.05) is 6.92 Å². The van der Waals surface area contributed by atoms with E-state index in [1.54, 1.807) is 6.92 Å². The summed E-state index contributed by atoms with van der Waals surface area (Å²) in [6, 6.07) is 4.46. The first-order chi connectivity index (χ1) is 10.5. The number of nitrogens with zero attached hydrogens (tertiary/aromatic N) is 2. The van der Waals surface area contributed by atoms with Gasteiger partial charge < -0.3 is 4.57 Å². The molecule has 0 saturated carbocycles. The Balaban J connectivity index is 2.52. The molecule has 0 aliphatic carbocycles. The molecule has 0 bridgehead atoms. The van der Waals surface area contributed by atoms with E-state index in [4.69, 9.17) is 0 Å². The summed E-state index contributed by atoms with van der Waals surface area (Å²) >= 11 is 0. The molecule has 112 valence electrons. The van der Waals surface area contributed by atoms with Crippen LogP contribution < -0.4 is 5.43 Å². The molecule has 0 aliphatic heterocycles. The molecule has 0 aliphatic rings. The number of aryl methyl sites for hydroxylation is 1. The topological polar surface area (TPSA) is 34.9 Å². The van der Waals surface area contributed by atoms with Gasteiger partial charge in [0.2, 0.25) is 0 Å². The van der Waals surface area contributed by atoms with Crippen molar-refractivity contribution >= 4 is 10.9 Å². The first-order valence-corrected chi connectivity index (χ1v) is 6.66. The Morgan fingerprint density at radius 1 is 1.09 bits per heavy atom. The Morgan fingerprint density at radius 3 is 2.50 bits per heavy atom. The molecule has 0 unspecified atom stereocenters. The van der Waals surface area contributed by atoms with Gasteiger partial charge in [-0.15, -0.1) is 0 Å². The molecular weight excluding hydrogens is 293 g/mol. The second-order valence-corrected chi connectivity index (χ2v) is 4.80. The van der Waals surface area contributed by atoms with Gasteiger partial charge in [0, 0.05) is 29.4 Å². The zero-order chi connectivity index (χ0) is 15.9. The molecular formula is C16H11F3N2O. The van der Waals surface area contributed by atoms with E-state index in [-0.39, 0.29) is 16.6 Å². The van der Waals surface area contributed by atoms with Crippen molar-refractivity contribution in [3.05, 3.63) is 70.0 Å². The third-order valence-corrected chi connectivity index (χ3v) is 3.48. The van der Waals surface area contributed by atoms with Crippen molar-refractivity contribution in [1.82, 2.24) is 9.55 Å². The Labute approximate surface area is 123 Å². The molecule has 2 heterocycles. The summed E-state index contributed by atoms with van der Waals surface area (Å²) in [4.78, 5) is 15.8. The van der Waals surface area contributed by atoms with Crippen LogP contribution in [-0.2, 0) is 6.42 Å². The Hall–Kier alpha value is -2.63. The maximum Gasteiger partial charge on any atom is 0.189 e. The number of rotatable bonds is 2. The highest BCUT2D eigenvalue weighted by Gasteiger charge is 2.15. The van der Waals surface area contributed by atoms with Gasteiger partial charge in [-0.3, -0.25) is 9.78 Å². The van der Waals surface area contributed by atoms with Crippen LogP contribution in [-0.4, -0.2) is 9.55 Å². The highest BCUT2D eigenvalue weighted by Crippen LogP contribution is 2.23. The summed E-state index contributed by atoms with van der Waals surface area (Å²) in [6.45, 7) is 1.79. The molecule has 0 saturated heterocycles. The first-order valence-electron chi connectivity index (χ1n) is 6.66. The largest absolute Gasteiger partial charge is 0.310 e. The standard InChI is InChI=1S/C16H11F3N2O/c1-2-9-5-16(22)10-6-11(17)12(18)7-15(10)21(9)14-3-4-20-8-13(14)19/h3-8H,2H2,1H3. The summed E-state index contributed by atoms with van der Waals surface area (Å²) in [5, 5.41) is -0.00712. The lowest BCUT2D eigenvalue weighted by atomic mass is 10.1. The maximum atomic E-state index is 14.1. The van der Waals surface area contributed by atoms with E-state index in [0.717, 1.165) is 18.3 Å². The molecule has 0 atom stereocenters. The minimum atomic E-state index is -1.12. The smallest absolute Gasteiger partial charge is 0.189 e. The third-order valence-electron chi connectivity index (χ3n) is 3.48. The summed E-state index contributed by atoms with van der Waals surface area (Å²) in [7, 11) is 0. The minimum Gasteiger partial charge on any atom is -0.310 e. The number of halogens is 3. The first kappa shape index (κ1) is 14.3. The average molecular weight is 304 g/mol. The maximum absolute atomic E-state index is 14.1. The fraction of sp³-hybridized carbons (Fsp3) is 0.125. The predicted molar refractivity (Wildman–Crippen MR) is 76.6 cm³/mol. The van der Waals surface area contributed by atoms with E-state index in [0.29, 0.717) is 12.1 Å². The van der Waals surface area contributed by atoms with Crippen LogP contribution in [0.3, 0.4) is 0 Å². The second kappa shape index (κ2) is 5.29. The fourth-order valence-electron chi connectivity index (χ4n) is 2.46. The van der Waals surface area contributed by atoms with E-state index in [1.807, 2.05) is 0 Å². The van der Waals surface area contributed by atoms with Crippen molar-refractivity contribution in [3.8, 4) is 5.69 Å². The molecule has 2 aromatic heterocycles. The molecule has 22 heavy (non-hydrogen) atoms. The van der Waals surface area contributed by atoms with Crippen molar-refractivity contribution in [2.75, 3.05) is 0 Å². The molecule has 0 fully saturated rings. The predicted octanol–water partition coefficient (Wildman–Crippen LogP) is 3.37. The zero-order valence-corrected chi connectivity index (χ0v) is 11.6. The highest BCUT2D eigenvalue weighted by molar-refractivity contribution is 5.81. The van der Waals surface area contributed by atoms with Crippen LogP contribution in [0.4, 0.5) is 13.2 Å². The van der Waals surface area contributed by atoms with Crippen LogP contribution in [0.15, 0.2) is 41.5 Å². The number of aromatic nitrogens is 2. The molecule has 3 nitrogen and oxygen atoms in total. The van der Waals surface area contributed by atoms with Gasteiger partial charge in [0.05, 0.1) is 17.4 Å². The molecule has 0 spiro atoms. The lowest BCUT2D eigenvalue weighted by molar-refractivity contribution is 0.510. The van der Waals surface area contributed by atoms with Crippen molar-refractivity contribution in [1.29, 1.82) is 0 Å². The molecule has 3 rings (SSSR count). The molecule has 6 heteroatoms.